The Morgan fingerprint density at radius 3 is 1.97 bits per heavy atom. The van der Waals surface area contributed by atoms with E-state index in [2.05, 4.69) is 127 Å². The first-order chi connectivity index (χ1) is 19.2. The molecule has 0 unspecified atom stereocenters. The minimum atomic E-state index is 1.02. The molecule has 3 heteroatoms. The number of benzene rings is 5. The lowest BCUT2D eigenvalue weighted by atomic mass is 9.97. The summed E-state index contributed by atoms with van der Waals surface area (Å²) in [7, 11) is 0. The molecule has 0 N–H and O–H groups in total. The Kier molecular flexibility index (Phi) is 4.94. The van der Waals surface area contributed by atoms with Crippen LogP contribution >= 0.6 is 11.3 Å². The molecule has 0 radical (unpaired) electrons. The monoisotopic (exact) mass is 516 g/mol. The van der Waals surface area contributed by atoms with Crippen LogP contribution in [0.4, 0.5) is 0 Å². The van der Waals surface area contributed by atoms with E-state index in [0.29, 0.717) is 0 Å². The first kappa shape index (κ1) is 22.3. The van der Waals surface area contributed by atoms with Crippen molar-refractivity contribution in [2.75, 3.05) is 0 Å². The molecule has 0 amide bonds. The highest BCUT2D eigenvalue weighted by Gasteiger charge is 2.15. The fourth-order valence-corrected chi connectivity index (χ4v) is 7.02. The van der Waals surface area contributed by atoms with Crippen molar-refractivity contribution in [2.45, 2.75) is 6.92 Å². The lowest BCUT2D eigenvalue weighted by Crippen LogP contribution is -1.97. The van der Waals surface area contributed by atoms with Crippen LogP contribution in [-0.2, 0) is 0 Å². The highest BCUT2D eigenvalue weighted by Crippen LogP contribution is 2.39. The number of fused-ring (bicyclic) bond motifs is 6. The summed E-state index contributed by atoms with van der Waals surface area (Å²) in [5, 5.41) is 5.16. The zero-order valence-electron chi connectivity index (χ0n) is 21.4. The lowest BCUT2D eigenvalue weighted by molar-refractivity contribution is 1.18. The normalized spacial score (nSPS) is 11.7. The Hall–Kier alpha value is -4.73. The van der Waals surface area contributed by atoms with Crippen LogP contribution in [0.2, 0.25) is 0 Å². The summed E-state index contributed by atoms with van der Waals surface area (Å²) >= 11 is 1.86. The van der Waals surface area contributed by atoms with Gasteiger partial charge in [-0.15, -0.1) is 11.3 Å². The molecule has 0 spiro atoms. The van der Waals surface area contributed by atoms with Crippen LogP contribution in [0.5, 0.6) is 0 Å². The van der Waals surface area contributed by atoms with Crippen molar-refractivity contribution < 1.29 is 0 Å². The van der Waals surface area contributed by atoms with Gasteiger partial charge < -0.3 is 4.57 Å². The largest absolute Gasteiger partial charge is 0.309 e. The smallest absolute Gasteiger partial charge is 0.0732 e. The number of hydrogen-bond acceptors (Lipinski definition) is 2. The number of pyridine rings is 1. The topological polar surface area (TPSA) is 17.8 Å². The van der Waals surface area contributed by atoms with Gasteiger partial charge in [-0.1, -0.05) is 66.7 Å². The van der Waals surface area contributed by atoms with Gasteiger partial charge in [-0.05, 0) is 78.2 Å². The number of hydrogen-bond donors (Lipinski definition) is 0. The third-order valence-corrected chi connectivity index (χ3v) is 8.90. The van der Waals surface area contributed by atoms with Gasteiger partial charge in [0.25, 0.3) is 0 Å². The molecular weight excluding hydrogens is 492 g/mol. The third kappa shape index (κ3) is 3.51. The molecule has 0 atom stereocenters. The van der Waals surface area contributed by atoms with E-state index in [9.17, 15) is 0 Å². The van der Waals surface area contributed by atoms with E-state index in [1.807, 2.05) is 23.6 Å². The predicted molar refractivity (Wildman–Crippen MR) is 167 cm³/mol. The zero-order chi connectivity index (χ0) is 25.9. The molecule has 0 bridgehead atoms. The molecule has 8 aromatic rings. The predicted octanol–water partition coefficient (Wildman–Crippen LogP) is 10.2. The van der Waals surface area contributed by atoms with E-state index in [4.69, 9.17) is 4.98 Å². The molecule has 5 aromatic carbocycles. The van der Waals surface area contributed by atoms with Crippen LogP contribution in [0.3, 0.4) is 0 Å². The summed E-state index contributed by atoms with van der Waals surface area (Å²) in [5.41, 5.74) is 9.26. The molecule has 0 saturated carbocycles. The standard InChI is InChI=1S/C36H24N2S/c1-23-9-8-18-37-36(23)26-19-25(24-16-17-35-31(22-24)30-12-4-7-15-34(30)39-35)20-27(21-26)38-32-13-5-2-10-28(32)29-11-3-6-14-33(29)38/h2-22H,1H3. The molecule has 0 aliphatic rings. The molecule has 0 fully saturated rings. The van der Waals surface area contributed by atoms with Gasteiger partial charge in [-0.3, -0.25) is 4.98 Å². The molecule has 2 nitrogen and oxygen atoms in total. The Morgan fingerprint density at radius 2 is 1.21 bits per heavy atom. The average Bonchev–Trinajstić information content (AvgIpc) is 3.53. The van der Waals surface area contributed by atoms with E-state index in [1.54, 1.807) is 0 Å². The molecule has 184 valence electrons. The zero-order valence-corrected chi connectivity index (χ0v) is 22.2. The van der Waals surface area contributed by atoms with Crippen LogP contribution in [0.25, 0.3) is 70.0 Å². The van der Waals surface area contributed by atoms with Gasteiger partial charge >= 0.3 is 0 Å². The van der Waals surface area contributed by atoms with Crippen molar-refractivity contribution in [2.24, 2.45) is 0 Å². The number of aromatic nitrogens is 2. The van der Waals surface area contributed by atoms with E-state index in [1.165, 1.54) is 58.7 Å². The van der Waals surface area contributed by atoms with Crippen molar-refractivity contribution in [1.82, 2.24) is 9.55 Å². The fourth-order valence-electron chi connectivity index (χ4n) is 5.94. The summed E-state index contributed by atoms with van der Waals surface area (Å²) in [6.45, 7) is 2.14. The van der Waals surface area contributed by atoms with Crippen molar-refractivity contribution in [3.8, 4) is 28.1 Å². The van der Waals surface area contributed by atoms with E-state index in [0.717, 1.165) is 16.9 Å². The van der Waals surface area contributed by atoms with Gasteiger partial charge in [-0.25, -0.2) is 0 Å². The molecule has 0 saturated heterocycles. The number of para-hydroxylation sites is 2. The lowest BCUT2D eigenvalue weighted by Gasteiger charge is -2.14. The summed E-state index contributed by atoms with van der Waals surface area (Å²) in [6.07, 6.45) is 1.89. The number of rotatable bonds is 3. The molecule has 0 aliphatic carbocycles. The molecule has 3 aromatic heterocycles. The Morgan fingerprint density at radius 1 is 0.538 bits per heavy atom. The Labute approximate surface area is 230 Å². The van der Waals surface area contributed by atoms with Crippen molar-refractivity contribution in [1.29, 1.82) is 0 Å². The van der Waals surface area contributed by atoms with Gasteiger partial charge in [0.1, 0.15) is 0 Å². The number of thiophene rings is 1. The van der Waals surface area contributed by atoms with Crippen molar-refractivity contribution in [3.05, 3.63) is 133 Å². The summed E-state index contributed by atoms with van der Waals surface area (Å²) in [4.78, 5) is 4.81. The SMILES string of the molecule is Cc1cccnc1-c1cc(-c2ccc3sc4ccccc4c3c2)cc(-n2c3ccccc3c3ccccc32)c1. The maximum absolute atomic E-state index is 4.81. The van der Waals surface area contributed by atoms with Gasteiger partial charge in [0.2, 0.25) is 0 Å². The van der Waals surface area contributed by atoms with Gasteiger partial charge in [0.15, 0.2) is 0 Å². The molecule has 3 heterocycles. The Bertz CT molecular complexity index is 2140. The number of aryl methyl sites for hydroxylation is 1. The van der Waals surface area contributed by atoms with E-state index in [-0.39, 0.29) is 0 Å². The maximum atomic E-state index is 4.81. The second kappa shape index (κ2) is 8.65. The fraction of sp³-hybridized carbons (Fsp3) is 0.0278. The van der Waals surface area contributed by atoms with Crippen LogP contribution in [-0.4, -0.2) is 9.55 Å². The minimum absolute atomic E-state index is 1.02. The first-order valence-electron chi connectivity index (χ1n) is 13.2. The average molecular weight is 517 g/mol. The first-order valence-corrected chi connectivity index (χ1v) is 14.0. The highest BCUT2D eigenvalue weighted by atomic mass is 32.1. The van der Waals surface area contributed by atoms with Crippen molar-refractivity contribution in [3.63, 3.8) is 0 Å². The van der Waals surface area contributed by atoms with Gasteiger partial charge in [0.05, 0.1) is 16.7 Å². The van der Waals surface area contributed by atoms with Crippen LogP contribution in [0, 0.1) is 6.92 Å². The van der Waals surface area contributed by atoms with Gasteiger partial charge in [-0.2, -0.15) is 0 Å². The quantitative estimate of drug-likeness (QED) is 0.228. The van der Waals surface area contributed by atoms with Crippen LogP contribution in [0.1, 0.15) is 5.56 Å². The van der Waals surface area contributed by atoms with Gasteiger partial charge in [0, 0.05) is 48.4 Å². The third-order valence-electron chi connectivity index (χ3n) is 7.75. The number of nitrogens with zero attached hydrogens (tertiary/aromatic N) is 2. The molecular formula is C36H24N2S. The second-order valence-electron chi connectivity index (χ2n) is 10.1. The van der Waals surface area contributed by atoms with Crippen LogP contribution in [0.15, 0.2) is 128 Å². The highest BCUT2D eigenvalue weighted by molar-refractivity contribution is 7.25. The summed E-state index contributed by atoms with van der Waals surface area (Å²) in [6, 6.07) is 44.0. The molecule has 39 heavy (non-hydrogen) atoms. The molecule has 8 rings (SSSR count). The van der Waals surface area contributed by atoms with E-state index >= 15 is 0 Å². The minimum Gasteiger partial charge on any atom is -0.309 e. The van der Waals surface area contributed by atoms with Crippen LogP contribution < -0.4 is 0 Å². The maximum Gasteiger partial charge on any atom is 0.0732 e. The van der Waals surface area contributed by atoms with Crippen molar-refractivity contribution >= 4 is 53.3 Å². The van der Waals surface area contributed by atoms with E-state index < -0.39 is 0 Å². The molecule has 0 aliphatic heterocycles. The second-order valence-corrected chi connectivity index (χ2v) is 11.2. The summed E-state index contributed by atoms with van der Waals surface area (Å²) < 4.78 is 5.04. The summed E-state index contributed by atoms with van der Waals surface area (Å²) in [5.74, 6) is 0. The Balaban J connectivity index is 1.44.